The summed E-state index contributed by atoms with van der Waals surface area (Å²) in [5.41, 5.74) is 6.48. The van der Waals surface area contributed by atoms with Crippen LogP contribution in [0.5, 0.6) is 0 Å². The summed E-state index contributed by atoms with van der Waals surface area (Å²) in [4.78, 5) is 0. The highest BCUT2D eigenvalue weighted by molar-refractivity contribution is 5.23. The molecule has 0 heterocycles. The monoisotopic (exact) mass is 209 g/mol. The largest absolute Gasteiger partial charge is 0.328 e. The van der Waals surface area contributed by atoms with Crippen molar-refractivity contribution in [1.29, 1.82) is 0 Å². The van der Waals surface area contributed by atoms with Gasteiger partial charge in [0.2, 0.25) is 0 Å². The molecule has 0 aliphatic carbocycles. The van der Waals surface area contributed by atoms with E-state index in [4.69, 9.17) is 5.73 Å². The molecule has 1 aromatic rings. The van der Waals surface area contributed by atoms with Gasteiger partial charge in [0.1, 0.15) is 5.67 Å². The van der Waals surface area contributed by atoms with E-state index in [0.717, 1.165) is 12.0 Å². The average molecular weight is 209 g/mol. The Morgan fingerprint density at radius 2 is 2.13 bits per heavy atom. The van der Waals surface area contributed by atoms with Crippen LogP contribution in [0, 0.1) is 6.92 Å². The minimum atomic E-state index is -1.23. The van der Waals surface area contributed by atoms with Gasteiger partial charge in [0, 0.05) is 13.0 Å². The van der Waals surface area contributed by atoms with Crippen molar-refractivity contribution in [2.24, 2.45) is 5.73 Å². The topological polar surface area (TPSA) is 26.0 Å². The Hall–Kier alpha value is -0.890. The predicted octanol–water partition coefficient (Wildman–Crippen LogP) is 3.00. The van der Waals surface area contributed by atoms with E-state index >= 15 is 0 Å². The highest BCUT2D eigenvalue weighted by Gasteiger charge is 2.26. The molecule has 1 atom stereocenters. The second kappa shape index (κ2) is 5.26. The van der Waals surface area contributed by atoms with Gasteiger partial charge in [-0.2, -0.15) is 0 Å². The van der Waals surface area contributed by atoms with E-state index < -0.39 is 5.67 Å². The fraction of sp³-hybridized carbons (Fsp3) is 0.538. The number of benzene rings is 1. The van der Waals surface area contributed by atoms with Gasteiger partial charge in [0.05, 0.1) is 0 Å². The van der Waals surface area contributed by atoms with Crippen LogP contribution in [0.2, 0.25) is 0 Å². The SMILES string of the molecule is CCCC(F)(CN)Cc1cccc(C)c1. The van der Waals surface area contributed by atoms with E-state index in [2.05, 4.69) is 0 Å². The molecule has 0 radical (unpaired) electrons. The molecule has 0 aliphatic rings. The number of alkyl halides is 1. The minimum Gasteiger partial charge on any atom is -0.328 e. The Balaban J connectivity index is 2.74. The van der Waals surface area contributed by atoms with Gasteiger partial charge >= 0.3 is 0 Å². The van der Waals surface area contributed by atoms with E-state index in [0.29, 0.717) is 12.8 Å². The number of hydrogen-bond donors (Lipinski definition) is 1. The second-order valence-electron chi connectivity index (χ2n) is 4.27. The minimum absolute atomic E-state index is 0.106. The second-order valence-corrected chi connectivity index (χ2v) is 4.27. The lowest BCUT2D eigenvalue weighted by molar-refractivity contribution is 0.158. The van der Waals surface area contributed by atoms with Crippen LogP contribution >= 0.6 is 0 Å². The van der Waals surface area contributed by atoms with E-state index in [1.54, 1.807) is 0 Å². The van der Waals surface area contributed by atoms with Crippen molar-refractivity contribution in [2.75, 3.05) is 6.54 Å². The smallest absolute Gasteiger partial charge is 0.127 e. The normalized spacial score (nSPS) is 14.9. The zero-order chi connectivity index (χ0) is 11.3. The van der Waals surface area contributed by atoms with Crippen LogP contribution in [0.15, 0.2) is 24.3 Å². The van der Waals surface area contributed by atoms with Gasteiger partial charge in [-0.15, -0.1) is 0 Å². The molecule has 1 nitrogen and oxygen atoms in total. The molecule has 0 spiro atoms. The molecule has 2 N–H and O–H groups in total. The van der Waals surface area contributed by atoms with Gasteiger partial charge in [0.15, 0.2) is 0 Å². The van der Waals surface area contributed by atoms with Crippen LogP contribution in [0.1, 0.15) is 30.9 Å². The molecule has 15 heavy (non-hydrogen) atoms. The molecule has 0 saturated carbocycles. The molecule has 0 bridgehead atoms. The Morgan fingerprint density at radius 1 is 1.40 bits per heavy atom. The Bertz CT molecular complexity index is 311. The maximum Gasteiger partial charge on any atom is 0.127 e. The molecule has 0 aromatic heterocycles. The van der Waals surface area contributed by atoms with Crippen molar-refractivity contribution in [1.82, 2.24) is 0 Å². The number of rotatable bonds is 5. The first kappa shape index (κ1) is 12.2. The van der Waals surface area contributed by atoms with E-state index in [1.165, 1.54) is 5.56 Å². The van der Waals surface area contributed by atoms with Gasteiger partial charge in [-0.1, -0.05) is 43.2 Å². The predicted molar refractivity (Wildman–Crippen MR) is 62.7 cm³/mol. The van der Waals surface area contributed by atoms with Gasteiger partial charge in [0.25, 0.3) is 0 Å². The van der Waals surface area contributed by atoms with Crippen LogP contribution in [-0.2, 0) is 6.42 Å². The lowest BCUT2D eigenvalue weighted by atomic mass is 9.91. The summed E-state index contributed by atoms with van der Waals surface area (Å²) in [6, 6.07) is 7.98. The lowest BCUT2D eigenvalue weighted by Crippen LogP contribution is -2.35. The van der Waals surface area contributed by atoms with Gasteiger partial charge in [-0.05, 0) is 18.9 Å². The number of halogens is 1. The highest BCUT2D eigenvalue weighted by Crippen LogP contribution is 2.23. The van der Waals surface area contributed by atoms with E-state index in [-0.39, 0.29) is 6.54 Å². The van der Waals surface area contributed by atoms with Crippen molar-refractivity contribution in [2.45, 2.75) is 38.8 Å². The Kier molecular flexibility index (Phi) is 4.28. The quantitative estimate of drug-likeness (QED) is 0.792. The first-order valence-corrected chi connectivity index (χ1v) is 5.54. The van der Waals surface area contributed by atoms with Crippen molar-refractivity contribution in [3.8, 4) is 0 Å². The van der Waals surface area contributed by atoms with Crippen LogP contribution in [0.3, 0.4) is 0 Å². The molecule has 0 saturated heterocycles. The molecule has 84 valence electrons. The third-order valence-corrected chi connectivity index (χ3v) is 2.67. The maximum atomic E-state index is 14.2. The first-order chi connectivity index (χ1) is 7.09. The number of hydrogen-bond acceptors (Lipinski definition) is 1. The Labute approximate surface area is 91.5 Å². The maximum absolute atomic E-state index is 14.2. The number of nitrogens with two attached hydrogens (primary N) is 1. The van der Waals surface area contributed by atoms with Crippen LogP contribution in [0.25, 0.3) is 0 Å². The average Bonchev–Trinajstić information content (AvgIpc) is 2.18. The van der Waals surface area contributed by atoms with Crippen LogP contribution in [0.4, 0.5) is 4.39 Å². The third kappa shape index (κ3) is 3.63. The van der Waals surface area contributed by atoms with Gasteiger partial charge in [-0.25, -0.2) is 4.39 Å². The van der Waals surface area contributed by atoms with Crippen LogP contribution in [-0.4, -0.2) is 12.2 Å². The van der Waals surface area contributed by atoms with Gasteiger partial charge < -0.3 is 5.73 Å². The summed E-state index contributed by atoms with van der Waals surface area (Å²) in [5.74, 6) is 0. The molecule has 1 aromatic carbocycles. The molecule has 1 unspecified atom stereocenters. The summed E-state index contributed by atoms with van der Waals surface area (Å²) in [6.07, 6.45) is 1.80. The molecule has 0 amide bonds. The molecule has 0 aliphatic heterocycles. The van der Waals surface area contributed by atoms with E-state index in [1.807, 2.05) is 38.1 Å². The summed E-state index contributed by atoms with van der Waals surface area (Å²) >= 11 is 0. The van der Waals surface area contributed by atoms with Crippen molar-refractivity contribution < 1.29 is 4.39 Å². The summed E-state index contributed by atoms with van der Waals surface area (Å²) in [6.45, 7) is 4.11. The molecule has 0 fully saturated rings. The molecule has 2 heteroatoms. The standard InChI is InChI=1S/C13H20FN/c1-3-7-13(14,10-15)9-12-6-4-5-11(2)8-12/h4-6,8H,3,7,9-10,15H2,1-2H3. The molecule has 1 rings (SSSR count). The van der Waals surface area contributed by atoms with Crippen molar-refractivity contribution in [3.63, 3.8) is 0 Å². The molecular formula is C13H20FN. The van der Waals surface area contributed by atoms with E-state index in [9.17, 15) is 4.39 Å². The third-order valence-electron chi connectivity index (χ3n) is 2.67. The summed E-state index contributed by atoms with van der Waals surface area (Å²) < 4.78 is 14.2. The summed E-state index contributed by atoms with van der Waals surface area (Å²) in [7, 11) is 0. The van der Waals surface area contributed by atoms with Crippen LogP contribution < -0.4 is 5.73 Å². The highest BCUT2D eigenvalue weighted by atomic mass is 19.1. The fourth-order valence-electron chi connectivity index (χ4n) is 1.90. The summed E-state index contributed by atoms with van der Waals surface area (Å²) in [5, 5.41) is 0. The fourth-order valence-corrected chi connectivity index (χ4v) is 1.90. The lowest BCUT2D eigenvalue weighted by Gasteiger charge is -2.23. The van der Waals surface area contributed by atoms with Crippen molar-refractivity contribution in [3.05, 3.63) is 35.4 Å². The zero-order valence-electron chi connectivity index (χ0n) is 9.59. The number of aryl methyl sites for hydroxylation is 1. The molecular weight excluding hydrogens is 189 g/mol. The van der Waals surface area contributed by atoms with Gasteiger partial charge in [-0.3, -0.25) is 0 Å². The first-order valence-electron chi connectivity index (χ1n) is 5.54. The Morgan fingerprint density at radius 3 is 2.67 bits per heavy atom. The van der Waals surface area contributed by atoms with Crippen molar-refractivity contribution >= 4 is 0 Å². The zero-order valence-corrected chi connectivity index (χ0v) is 9.59.